The summed E-state index contributed by atoms with van der Waals surface area (Å²) in [5, 5.41) is 0. The van der Waals surface area contributed by atoms with Crippen LogP contribution in [0.1, 0.15) is 23.3 Å². The minimum atomic E-state index is -0.0191. The number of piperidine rings is 1. The Labute approximate surface area is 140 Å². The van der Waals surface area contributed by atoms with Crippen molar-refractivity contribution in [3.63, 3.8) is 0 Å². The Kier molecular flexibility index (Phi) is 3.94. The van der Waals surface area contributed by atoms with E-state index in [-0.39, 0.29) is 5.91 Å². The average molecular weight is 321 g/mol. The molecule has 24 heavy (non-hydrogen) atoms. The van der Waals surface area contributed by atoms with Crippen molar-refractivity contribution in [1.29, 1.82) is 0 Å². The lowest BCUT2D eigenvalue weighted by Gasteiger charge is -2.31. The molecule has 6 heteroatoms. The predicted molar refractivity (Wildman–Crippen MR) is 90.4 cm³/mol. The largest absolute Gasteiger partial charge is 0.337 e. The second kappa shape index (κ2) is 6.39. The molecule has 0 atom stereocenters. The van der Waals surface area contributed by atoms with Crippen LogP contribution in [0.4, 0.5) is 0 Å². The van der Waals surface area contributed by atoms with E-state index >= 15 is 0 Å². The number of amides is 1. The summed E-state index contributed by atoms with van der Waals surface area (Å²) >= 11 is 0. The van der Waals surface area contributed by atoms with Gasteiger partial charge in [0.25, 0.3) is 5.91 Å². The fraction of sp³-hybridized carbons (Fsp3) is 0.333. The van der Waals surface area contributed by atoms with Crippen LogP contribution in [0, 0.1) is 5.92 Å². The summed E-state index contributed by atoms with van der Waals surface area (Å²) in [6.45, 7) is 2.51. The van der Waals surface area contributed by atoms with Gasteiger partial charge in [0.2, 0.25) is 0 Å². The lowest BCUT2D eigenvalue weighted by Crippen LogP contribution is -2.39. The van der Waals surface area contributed by atoms with Crippen LogP contribution in [0.15, 0.2) is 49.2 Å². The zero-order valence-electron chi connectivity index (χ0n) is 13.4. The number of hydrogen-bond donors (Lipinski definition) is 0. The van der Waals surface area contributed by atoms with Gasteiger partial charge in [0.1, 0.15) is 5.69 Å². The van der Waals surface area contributed by atoms with E-state index in [1.807, 2.05) is 41.7 Å². The number of nitrogens with zero attached hydrogens (tertiary/aromatic N) is 5. The summed E-state index contributed by atoms with van der Waals surface area (Å²) in [5.74, 6) is 0.570. The third-order valence-corrected chi connectivity index (χ3v) is 4.60. The number of rotatable bonds is 3. The second-order valence-electron chi connectivity index (χ2n) is 6.24. The van der Waals surface area contributed by atoms with Crippen LogP contribution in [-0.2, 0) is 6.54 Å². The topological polar surface area (TPSA) is 63.9 Å². The van der Waals surface area contributed by atoms with Gasteiger partial charge in [-0.15, -0.1) is 0 Å². The molecule has 0 saturated carbocycles. The molecule has 1 aliphatic heterocycles. The van der Waals surface area contributed by atoms with Crippen molar-refractivity contribution in [2.24, 2.45) is 5.92 Å². The molecule has 1 aliphatic rings. The maximum absolute atomic E-state index is 12.7. The Hall–Kier alpha value is -2.76. The van der Waals surface area contributed by atoms with Crippen LogP contribution in [0.5, 0.6) is 0 Å². The molecule has 1 aromatic carbocycles. The molecule has 0 spiro atoms. The third-order valence-electron chi connectivity index (χ3n) is 4.60. The van der Waals surface area contributed by atoms with Crippen LogP contribution in [0.25, 0.3) is 11.0 Å². The Balaban J connectivity index is 1.41. The van der Waals surface area contributed by atoms with Gasteiger partial charge in [-0.25, -0.2) is 9.97 Å². The first-order chi connectivity index (χ1) is 11.8. The second-order valence-corrected chi connectivity index (χ2v) is 6.24. The van der Waals surface area contributed by atoms with E-state index in [0.717, 1.165) is 43.5 Å². The van der Waals surface area contributed by atoms with Crippen molar-refractivity contribution in [2.75, 3.05) is 13.1 Å². The van der Waals surface area contributed by atoms with Gasteiger partial charge in [0, 0.05) is 32.0 Å². The van der Waals surface area contributed by atoms with Crippen molar-refractivity contribution < 1.29 is 4.79 Å². The van der Waals surface area contributed by atoms with Gasteiger partial charge in [-0.1, -0.05) is 12.1 Å². The summed E-state index contributed by atoms with van der Waals surface area (Å²) in [4.78, 5) is 27.5. The van der Waals surface area contributed by atoms with Gasteiger partial charge in [-0.05, 0) is 30.9 Å². The van der Waals surface area contributed by atoms with Crippen molar-refractivity contribution >= 4 is 16.9 Å². The lowest BCUT2D eigenvalue weighted by atomic mass is 9.96. The van der Waals surface area contributed by atoms with E-state index in [2.05, 4.69) is 19.5 Å². The number of likely N-dealkylation sites (tertiary alicyclic amines) is 1. The number of imidazole rings is 1. The van der Waals surface area contributed by atoms with Gasteiger partial charge >= 0.3 is 0 Å². The highest BCUT2D eigenvalue weighted by molar-refractivity contribution is 5.93. The molecule has 0 N–H and O–H groups in total. The average Bonchev–Trinajstić information content (AvgIpc) is 3.14. The standard InChI is InChI=1S/C18H19N5O/c24-18(17-11-20-15-3-1-2-4-16(15)21-17)23-8-5-14(6-9-23)12-22-10-7-19-13-22/h1-4,7,10-11,13-14H,5-6,8-9,12H2. The molecule has 4 rings (SSSR count). The highest BCUT2D eigenvalue weighted by atomic mass is 16.2. The van der Waals surface area contributed by atoms with E-state index < -0.39 is 0 Å². The molecule has 0 unspecified atom stereocenters. The highest BCUT2D eigenvalue weighted by Crippen LogP contribution is 2.20. The molecule has 3 aromatic rings. The molecule has 3 heterocycles. The normalized spacial score (nSPS) is 15.8. The molecule has 0 bridgehead atoms. The van der Waals surface area contributed by atoms with Gasteiger partial charge in [0.15, 0.2) is 0 Å². The first-order valence-electron chi connectivity index (χ1n) is 8.26. The van der Waals surface area contributed by atoms with Crippen LogP contribution < -0.4 is 0 Å². The number of carbonyl (C=O) groups is 1. The van der Waals surface area contributed by atoms with Gasteiger partial charge in [-0.2, -0.15) is 0 Å². The van der Waals surface area contributed by atoms with E-state index in [4.69, 9.17) is 0 Å². The fourth-order valence-corrected chi connectivity index (χ4v) is 3.23. The van der Waals surface area contributed by atoms with E-state index in [1.54, 1.807) is 12.4 Å². The molecule has 6 nitrogen and oxygen atoms in total. The molecule has 1 fully saturated rings. The van der Waals surface area contributed by atoms with E-state index in [9.17, 15) is 4.79 Å². The van der Waals surface area contributed by atoms with E-state index in [0.29, 0.717) is 11.6 Å². The lowest BCUT2D eigenvalue weighted by molar-refractivity contribution is 0.0677. The zero-order valence-corrected chi connectivity index (χ0v) is 13.4. The van der Waals surface area contributed by atoms with E-state index in [1.165, 1.54) is 0 Å². The van der Waals surface area contributed by atoms with Crippen molar-refractivity contribution in [3.8, 4) is 0 Å². The maximum atomic E-state index is 12.7. The van der Waals surface area contributed by atoms with Crippen LogP contribution >= 0.6 is 0 Å². The van der Waals surface area contributed by atoms with Gasteiger partial charge in [0.05, 0.1) is 23.6 Å². The number of fused-ring (bicyclic) bond motifs is 1. The molecule has 122 valence electrons. The summed E-state index contributed by atoms with van der Waals surface area (Å²) in [6, 6.07) is 7.62. The maximum Gasteiger partial charge on any atom is 0.274 e. The van der Waals surface area contributed by atoms with Crippen LogP contribution in [-0.4, -0.2) is 43.4 Å². The molecule has 1 saturated heterocycles. The molecule has 0 aliphatic carbocycles. The minimum absolute atomic E-state index is 0.0191. The van der Waals surface area contributed by atoms with Gasteiger partial charge in [-0.3, -0.25) is 9.78 Å². The summed E-state index contributed by atoms with van der Waals surface area (Å²) in [7, 11) is 0. The Morgan fingerprint density at radius 1 is 1.17 bits per heavy atom. The quantitative estimate of drug-likeness (QED) is 0.743. The minimum Gasteiger partial charge on any atom is -0.337 e. The molecule has 1 amide bonds. The summed E-state index contributed by atoms with van der Waals surface area (Å²) < 4.78 is 2.11. The molecular weight excluding hydrogens is 302 g/mol. The smallest absolute Gasteiger partial charge is 0.274 e. The number of aromatic nitrogens is 4. The zero-order chi connectivity index (χ0) is 16.4. The SMILES string of the molecule is O=C(c1cnc2ccccc2n1)N1CCC(Cn2ccnc2)CC1. The molecular formula is C18H19N5O. The number of hydrogen-bond acceptors (Lipinski definition) is 4. The highest BCUT2D eigenvalue weighted by Gasteiger charge is 2.24. The first-order valence-corrected chi connectivity index (χ1v) is 8.26. The van der Waals surface area contributed by atoms with Crippen LogP contribution in [0.2, 0.25) is 0 Å². The van der Waals surface area contributed by atoms with Crippen molar-refractivity contribution in [2.45, 2.75) is 19.4 Å². The van der Waals surface area contributed by atoms with Crippen LogP contribution in [0.3, 0.4) is 0 Å². The monoisotopic (exact) mass is 321 g/mol. The predicted octanol–water partition coefficient (Wildman–Crippen LogP) is 2.38. The Bertz CT molecular complexity index is 838. The summed E-state index contributed by atoms with van der Waals surface area (Å²) in [5.41, 5.74) is 2.01. The van der Waals surface area contributed by atoms with Gasteiger partial charge < -0.3 is 9.47 Å². The molecule has 0 radical (unpaired) electrons. The first kappa shape index (κ1) is 14.8. The fourth-order valence-electron chi connectivity index (χ4n) is 3.23. The summed E-state index contributed by atoms with van der Waals surface area (Å²) in [6.07, 6.45) is 9.24. The Morgan fingerprint density at radius 3 is 2.71 bits per heavy atom. The molecule has 2 aromatic heterocycles. The third kappa shape index (κ3) is 2.99. The number of para-hydroxylation sites is 2. The van der Waals surface area contributed by atoms with Crippen molar-refractivity contribution in [3.05, 3.63) is 54.9 Å². The van der Waals surface area contributed by atoms with Crippen molar-refractivity contribution in [1.82, 2.24) is 24.4 Å². The Morgan fingerprint density at radius 2 is 1.96 bits per heavy atom. The number of benzene rings is 1. The number of carbonyl (C=O) groups excluding carboxylic acids is 1.